The number of hydrogen-bond donors (Lipinski definition) is 0. The van der Waals surface area contributed by atoms with Crippen LogP contribution in [0.4, 0.5) is 0 Å². The molecule has 2 aliphatic carbocycles. The van der Waals surface area contributed by atoms with Gasteiger partial charge in [-0.3, -0.25) is 0 Å². The number of unbranched alkanes of at least 4 members (excludes halogenated alkanes) is 4. The van der Waals surface area contributed by atoms with Crippen LogP contribution in [0.5, 0.6) is 0 Å². The minimum absolute atomic E-state index is 0.751. The van der Waals surface area contributed by atoms with E-state index in [0.717, 1.165) is 23.7 Å². The molecule has 0 amide bonds. The van der Waals surface area contributed by atoms with Crippen molar-refractivity contribution in [2.45, 2.75) is 128 Å². The Balaban J connectivity index is 1.44. The van der Waals surface area contributed by atoms with E-state index in [1.54, 1.807) is 11.1 Å². The van der Waals surface area contributed by atoms with E-state index in [4.69, 9.17) is 0 Å². The van der Waals surface area contributed by atoms with E-state index in [9.17, 15) is 0 Å². The summed E-state index contributed by atoms with van der Waals surface area (Å²) >= 11 is 0. The molecule has 0 atom stereocenters. The molecule has 2 aliphatic rings. The molecule has 2 fully saturated rings. The second kappa shape index (κ2) is 13.5. The minimum atomic E-state index is 0.751. The summed E-state index contributed by atoms with van der Waals surface area (Å²) < 4.78 is 0. The maximum Gasteiger partial charge on any atom is -0.0146 e. The number of hydrogen-bond acceptors (Lipinski definition) is 0. The van der Waals surface area contributed by atoms with Gasteiger partial charge in [0.1, 0.15) is 0 Å². The molecule has 0 unspecified atom stereocenters. The summed E-state index contributed by atoms with van der Waals surface area (Å²) in [4.78, 5) is 0. The number of rotatable bonds is 11. The lowest BCUT2D eigenvalue weighted by Gasteiger charge is -2.32. The maximum absolute atomic E-state index is 2.46. The van der Waals surface area contributed by atoms with Crippen molar-refractivity contribution in [3.63, 3.8) is 0 Å². The Hall–Kier alpha value is -1.56. The molecule has 34 heavy (non-hydrogen) atoms. The quantitative estimate of drug-likeness (QED) is 0.294. The Labute approximate surface area is 211 Å². The third-order valence-electron chi connectivity index (χ3n) is 9.22. The lowest BCUT2D eigenvalue weighted by molar-refractivity contribution is 0.302. The maximum atomic E-state index is 2.46. The normalized spacial score (nSPS) is 25.4. The second-order valence-electron chi connectivity index (χ2n) is 11.6. The van der Waals surface area contributed by atoms with Crippen LogP contribution in [0.15, 0.2) is 48.5 Å². The zero-order chi connectivity index (χ0) is 23.6. The van der Waals surface area contributed by atoms with Crippen molar-refractivity contribution < 1.29 is 0 Å². The average Bonchev–Trinajstić information content (AvgIpc) is 2.90. The first-order valence-electron chi connectivity index (χ1n) is 15.0. The Morgan fingerprint density at radius 2 is 0.882 bits per heavy atom. The smallest absolute Gasteiger partial charge is 0.0146 e. The van der Waals surface area contributed by atoms with Crippen molar-refractivity contribution in [2.24, 2.45) is 11.8 Å². The van der Waals surface area contributed by atoms with Crippen LogP contribution in [0.25, 0.3) is 11.1 Å². The summed E-state index contributed by atoms with van der Waals surface area (Å²) in [7, 11) is 0. The van der Waals surface area contributed by atoms with Crippen molar-refractivity contribution in [3.05, 3.63) is 59.7 Å². The summed E-state index contributed by atoms with van der Waals surface area (Å²) in [5.74, 6) is 3.46. The molecule has 0 N–H and O–H groups in total. The van der Waals surface area contributed by atoms with Crippen LogP contribution in [0.1, 0.15) is 140 Å². The minimum Gasteiger partial charge on any atom is -0.0654 e. The first-order chi connectivity index (χ1) is 16.8. The first kappa shape index (κ1) is 25.5. The van der Waals surface area contributed by atoms with E-state index in [0.29, 0.717) is 0 Å². The zero-order valence-corrected chi connectivity index (χ0v) is 22.2. The summed E-state index contributed by atoms with van der Waals surface area (Å²) in [6.45, 7) is 4.65. The predicted molar refractivity (Wildman–Crippen MR) is 150 cm³/mol. The van der Waals surface area contributed by atoms with Crippen molar-refractivity contribution in [1.29, 1.82) is 0 Å². The van der Waals surface area contributed by atoms with Gasteiger partial charge in [0.05, 0.1) is 0 Å². The molecular weight excluding hydrogens is 408 g/mol. The Morgan fingerprint density at radius 1 is 0.500 bits per heavy atom. The van der Waals surface area contributed by atoms with Crippen molar-refractivity contribution in [1.82, 2.24) is 0 Å². The van der Waals surface area contributed by atoms with Gasteiger partial charge in [0.15, 0.2) is 0 Å². The van der Waals surface area contributed by atoms with Crippen molar-refractivity contribution >= 4 is 0 Å². The van der Waals surface area contributed by atoms with Crippen LogP contribution in [-0.4, -0.2) is 0 Å². The highest BCUT2D eigenvalue weighted by molar-refractivity contribution is 5.72. The van der Waals surface area contributed by atoms with E-state index in [1.807, 2.05) is 0 Å². The van der Waals surface area contributed by atoms with Gasteiger partial charge in [0, 0.05) is 0 Å². The van der Waals surface area contributed by atoms with E-state index < -0.39 is 0 Å². The van der Waals surface area contributed by atoms with Gasteiger partial charge in [0.2, 0.25) is 0 Å². The van der Waals surface area contributed by atoms with Gasteiger partial charge >= 0.3 is 0 Å². The average molecular weight is 459 g/mol. The Morgan fingerprint density at radius 3 is 1.26 bits per heavy atom. The van der Waals surface area contributed by atoms with Gasteiger partial charge in [-0.1, -0.05) is 114 Å². The van der Waals surface area contributed by atoms with E-state index in [-0.39, 0.29) is 0 Å². The van der Waals surface area contributed by atoms with Crippen LogP contribution in [0, 0.1) is 11.8 Å². The molecule has 186 valence electrons. The molecule has 0 saturated heterocycles. The highest BCUT2D eigenvalue weighted by Crippen LogP contribution is 2.45. The van der Waals surface area contributed by atoms with Gasteiger partial charge in [-0.2, -0.15) is 0 Å². The van der Waals surface area contributed by atoms with Crippen LogP contribution < -0.4 is 0 Å². The third-order valence-corrected chi connectivity index (χ3v) is 9.22. The van der Waals surface area contributed by atoms with Gasteiger partial charge in [-0.15, -0.1) is 0 Å². The lowest BCUT2D eigenvalue weighted by atomic mass is 9.73. The summed E-state index contributed by atoms with van der Waals surface area (Å²) in [6.07, 6.45) is 22.6. The predicted octanol–water partition coefficient (Wildman–Crippen LogP) is 11.1. The molecule has 0 heteroatoms. The van der Waals surface area contributed by atoms with Gasteiger partial charge in [0.25, 0.3) is 0 Å². The molecule has 0 aromatic heterocycles. The number of benzene rings is 2. The lowest BCUT2D eigenvalue weighted by Crippen LogP contribution is -2.15. The molecule has 0 heterocycles. The summed E-state index contributed by atoms with van der Waals surface area (Å²) in [6, 6.07) is 18.9. The Bertz CT molecular complexity index is 761. The van der Waals surface area contributed by atoms with Crippen LogP contribution >= 0.6 is 0 Å². The molecule has 4 rings (SSSR count). The molecule has 0 spiro atoms. The van der Waals surface area contributed by atoms with Crippen molar-refractivity contribution in [3.8, 4) is 11.1 Å². The van der Waals surface area contributed by atoms with E-state index >= 15 is 0 Å². The summed E-state index contributed by atoms with van der Waals surface area (Å²) in [5, 5.41) is 0. The van der Waals surface area contributed by atoms with Crippen molar-refractivity contribution in [2.75, 3.05) is 0 Å². The molecular formula is C34H50. The highest BCUT2D eigenvalue weighted by atomic mass is 14.3. The standard InChI is InChI=1S/C34H50/c1-3-5-7-13-27-19-23-29(24-20-27)31-15-9-11-17-33(31)34-18-12-10-16-32(34)30-25-21-28(22-26-30)14-8-6-4-2/h9-12,15-18,27-30H,3-8,13-14,19-26H2,1-2H3/t27-,28-,29-,30-. The fraction of sp³-hybridized carbons (Fsp3) is 0.647. The molecule has 0 radical (unpaired) electrons. The Kier molecular flexibility index (Phi) is 10.1. The molecule has 2 aromatic rings. The molecule has 2 saturated carbocycles. The fourth-order valence-corrected chi connectivity index (χ4v) is 7.09. The third kappa shape index (κ3) is 6.77. The first-order valence-corrected chi connectivity index (χ1v) is 15.0. The van der Waals surface area contributed by atoms with Crippen LogP contribution in [0.3, 0.4) is 0 Å². The molecule has 0 nitrogen and oxygen atoms in total. The van der Waals surface area contributed by atoms with Crippen LogP contribution in [0.2, 0.25) is 0 Å². The highest BCUT2D eigenvalue weighted by Gasteiger charge is 2.27. The van der Waals surface area contributed by atoms with E-state index in [1.165, 1.54) is 114 Å². The van der Waals surface area contributed by atoms with Gasteiger partial charge in [-0.25, -0.2) is 0 Å². The van der Waals surface area contributed by atoms with E-state index in [2.05, 4.69) is 62.4 Å². The van der Waals surface area contributed by atoms with Crippen LogP contribution in [-0.2, 0) is 0 Å². The molecule has 0 aliphatic heterocycles. The second-order valence-corrected chi connectivity index (χ2v) is 11.6. The fourth-order valence-electron chi connectivity index (χ4n) is 7.09. The summed E-state index contributed by atoms with van der Waals surface area (Å²) in [5.41, 5.74) is 6.35. The largest absolute Gasteiger partial charge is 0.0654 e. The topological polar surface area (TPSA) is 0 Å². The SMILES string of the molecule is CCCCC[C@H]1CC[C@H](c2ccccc2-c2ccccc2[C@H]2CC[C@H](CCCCC)CC2)CC1. The van der Waals surface area contributed by atoms with Gasteiger partial charge < -0.3 is 0 Å². The van der Waals surface area contributed by atoms with Gasteiger partial charge in [-0.05, 0) is 97.3 Å². The monoisotopic (exact) mass is 458 g/mol. The molecule has 0 bridgehead atoms. The zero-order valence-electron chi connectivity index (χ0n) is 22.2. The molecule has 2 aromatic carbocycles.